The highest BCUT2D eigenvalue weighted by molar-refractivity contribution is 7.80. The van der Waals surface area contributed by atoms with E-state index in [1.165, 1.54) is 6.92 Å². The minimum absolute atomic E-state index is 0.0123. The molecule has 5 unspecified atom stereocenters. The lowest BCUT2D eigenvalue weighted by molar-refractivity contribution is -0.142. The summed E-state index contributed by atoms with van der Waals surface area (Å²) in [6, 6.07) is 3.39. The van der Waals surface area contributed by atoms with Gasteiger partial charge in [0.25, 0.3) is 0 Å². The molecular weight excluding hydrogens is 466 g/mol. The van der Waals surface area contributed by atoms with Crippen molar-refractivity contribution in [2.75, 3.05) is 5.75 Å². The molecule has 0 fully saturated rings. The number of nitrogens with one attached hydrogen (secondary N) is 3. The van der Waals surface area contributed by atoms with Gasteiger partial charge in [0.15, 0.2) is 0 Å². The molecule has 188 valence electrons. The molecule has 1 rings (SSSR count). The van der Waals surface area contributed by atoms with Crippen LogP contribution in [0.3, 0.4) is 0 Å². The van der Waals surface area contributed by atoms with E-state index in [1.54, 1.807) is 30.3 Å². The van der Waals surface area contributed by atoms with Crippen molar-refractivity contribution in [3.8, 4) is 0 Å². The minimum atomic E-state index is -1.47. The number of carboxylic acids is 1. The van der Waals surface area contributed by atoms with Crippen LogP contribution in [-0.2, 0) is 30.4 Å². The van der Waals surface area contributed by atoms with Gasteiger partial charge in [0.1, 0.15) is 18.1 Å². The Kier molecular flexibility index (Phi) is 12.0. The van der Waals surface area contributed by atoms with Crippen LogP contribution in [0, 0.1) is 0 Å². The molecule has 0 spiro atoms. The van der Waals surface area contributed by atoms with Gasteiger partial charge in [-0.2, -0.15) is 12.6 Å². The quantitative estimate of drug-likeness (QED) is 0.130. The summed E-state index contributed by atoms with van der Waals surface area (Å²) >= 11 is 3.90. The zero-order chi connectivity index (χ0) is 25.8. The Bertz CT molecular complexity index is 868. The number of hydrogen-bond acceptors (Lipinski definition) is 8. The number of carboxylic acid groups (broad SMARTS) is 1. The highest BCUT2D eigenvalue weighted by Gasteiger charge is 2.32. The van der Waals surface area contributed by atoms with E-state index in [2.05, 4.69) is 28.6 Å². The van der Waals surface area contributed by atoms with Gasteiger partial charge in [-0.05, 0) is 18.9 Å². The number of amides is 4. The number of carbonyl (C=O) groups excluding carboxylic acids is 4. The molecule has 0 aliphatic rings. The third-order valence-electron chi connectivity index (χ3n) is 4.81. The molecule has 0 aromatic heterocycles. The highest BCUT2D eigenvalue weighted by Crippen LogP contribution is 2.06. The Morgan fingerprint density at radius 1 is 0.971 bits per heavy atom. The number of aliphatic hydroxyl groups excluding tert-OH is 1. The summed E-state index contributed by atoms with van der Waals surface area (Å²) < 4.78 is 0. The Morgan fingerprint density at radius 3 is 2.06 bits per heavy atom. The lowest BCUT2D eigenvalue weighted by atomic mass is 10.0. The normalized spacial score (nSPS) is 15.2. The summed E-state index contributed by atoms with van der Waals surface area (Å²) in [5, 5.41) is 26.4. The zero-order valence-corrected chi connectivity index (χ0v) is 19.5. The molecule has 0 radical (unpaired) electrons. The molecule has 0 bridgehead atoms. The molecule has 0 saturated heterocycles. The van der Waals surface area contributed by atoms with Gasteiger partial charge in [-0.25, -0.2) is 4.79 Å². The highest BCUT2D eigenvalue weighted by atomic mass is 32.1. The molecular formula is C21H31N5O7S. The maximum Gasteiger partial charge on any atom is 0.326 e. The number of nitrogens with two attached hydrogens (primary N) is 2. The van der Waals surface area contributed by atoms with Gasteiger partial charge in [0.2, 0.25) is 23.6 Å². The molecule has 0 saturated carbocycles. The summed E-state index contributed by atoms with van der Waals surface area (Å²) in [4.78, 5) is 60.6. The van der Waals surface area contributed by atoms with Crippen molar-refractivity contribution in [2.45, 2.75) is 56.5 Å². The average molecular weight is 498 g/mol. The predicted molar refractivity (Wildman–Crippen MR) is 126 cm³/mol. The van der Waals surface area contributed by atoms with Crippen LogP contribution >= 0.6 is 12.6 Å². The van der Waals surface area contributed by atoms with Gasteiger partial charge in [-0.15, -0.1) is 0 Å². The standard InChI is InChI=1S/C21H31N5O7S/c1-11(27)17(26-18(29)13(22)10-34)20(31)24-14(7-8-16(23)28)19(30)25-15(21(32)33)9-12-5-3-2-4-6-12/h2-6,11,13-15,17,27,34H,7-10,22H2,1H3,(H2,23,28)(H,24,31)(H,25,30)(H,26,29)(H,32,33). The average Bonchev–Trinajstić information content (AvgIpc) is 2.78. The van der Waals surface area contributed by atoms with E-state index < -0.39 is 59.9 Å². The molecule has 0 aliphatic heterocycles. The first-order valence-electron chi connectivity index (χ1n) is 10.5. The number of rotatable bonds is 14. The number of hydrogen-bond donors (Lipinski definition) is 8. The van der Waals surface area contributed by atoms with Crippen LogP contribution in [-0.4, -0.2) is 75.8 Å². The van der Waals surface area contributed by atoms with Gasteiger partial charge in [0.05, 0.1) is 12.1 Å². The molecule has 34 heavy (non-hydrogen) atoms. The van der Waals surface area contributed by atoms with Gasteiger partial charge in [-0.1, -0.05) is 30.3 Å². The van der Waals surface area contributed by atoms with Gasteiger partial charge in [0, 0.05) is 18.6 Å². The van der Waals surface area contributed by atoms with Gasteiger partial charge < -0.3 is 37.6 Å². The maximum atomic E-state index is 12.8. The lowest BCUT2D eigenvalue weighted by Crippen LogP contribution is -2.60. The van der Waals surface area contributed by atoms with E-state index in [1.807, 2.05) is 0 Å². The molecule has 13 heteroatoms. The third kappa shape index (κ3) is 9.77. The molecule has 1 aromatic carbocycles. The van der Waals surface area contributed by atoms with E-state index in [9.17, 15) is 34.2 Å². The van der Waals surface area contributed by atoms with Crippen LogP contribution in [0.15, 0.2) is 30.3 Å². The van der Waals surface area contributed by atoms with Crippen LogP contribution in [0.5, 0.6) is 0 Å². The van der Waals surface area contributed by atoms with Crippen molar-refractivity contribution in [1.29, 1.82) is 0 Å². The topological polar surface area (TPSA) is 214 Å². The molecule has 9 N–H and O–H groups in total. The monoisotopic (exact) mass is 497 g/mol. The fourth-order valence-corrected chi connectivity index (χ4v) is 3.05. The van der Waals surface area contributed by atoms with Crippen LogP contribution in [0.25, 0.3) is 0 Å². The molecule has 4 amide bonds. The Morgan fingerprint density at radius 2 is 1.56 bits per heavy atom. The van der Waals surface area contributed by atoms with E-state index in [0.717, 1.165) is 0 Å². The zero-order valence-electron chi connectivity index (χ0n) is 18.6. The number of thiol groups is 1. The Balaban J connectivity index is 3.00. The number of aliphatic carboxylic acids is 1. The van der Waals surface area contributed by atoms with E-state index in [0.29, 0.717) is 5.56 Å². The minimum Gasteiger partial charge on any atom is -0.480 e. The molecule has 0 aliphatic carbocycles. The van der Waals surface area contributed by atoms with Gasteiger partial charge >= 0.3 is 5.97 Å². The van der Waals surface area contributed by atoms with Crippen LogP contribution in [0.2, 0.25) is 0 Å². The second-order valence-electron chi connectivity index (χ2n) is 7.67. The van der Waals surface area contributed by atoms with E-state index in [-0.39, 0.29) is 25.0 Å². The Labute approximate surface area is 202 Å². The Hall–Kier alpha value is -3.16. The fraction of sp³-hybridized carbons (Fsp3) is 0.476. The van der Waals surface area contributed by atoms with Crippen LogP contribution in [0.1, 0.15) is 25.3 Å². The van der Waals surface area contributed by atoms with E-state index >= 15 is 0 Å². The summed E-state index contributed by atoms with van der Waals surface area (Å²) in [6.45, 7) is 1.25. The summed E-state index contributed by atoms with van der Waals surface area (Å²) in [5.74, 6) is -4.61. The van der Waals surface area contributed by atoms with Crippen molar-refractivity contribution in [1.82, 2.24) is 16.0 Å². The third-order valence-corrected chi connectivity index (χ3v) is 5.20. The lowest BCUT2D eigenvalue weighted by Gasteiger charge is -2.26. The number of carbonyl (C=O) groups is 5. The van der Waals surface area contributed by atoms with Crippen LogP contribution < -0.4 is 27.4 Å². The first-order chi connectivity index (χ1) is 16.0. The fourth-order valence-electron chi connectivity index (χ4n) is 2.89. The van der Waals surface area contributed by atoms with Crippen molar-refractivity contribution >= 4 is 42.2 Å². The second-order valence-corrected chi connectivity index (χ2v) is 8.04. The van der Waals surface area contributed by atoms with Crippen LogP contribution in [0.4, 0.5) is 0 Å². The predicted octanol–water partition coefficient (Wildman–Crippen LogP) is -2.33. The molecule has 0 heterocycles. The molecule has 12 nitrogen and oxygen atoms in total. The number of aliphatic hydroxyl groups is 1. The molecule has 5 atom stereocenters. The number of benzene rings is 1. The van der Waals surface area contributed by atoms with Gasteiger partial charge in [-0.3, -0.25) is 19.2 Å². The maximum absolute atomic E-state index is 12.8. The summed E-state index contributed by atoms with van der Waals surface area (Å²) in [5.41, 5.74) is 11.4. The van der Waals surface area contributed by atoms with Crippen molar-refractivity contribution in [3.05, 3.63) is 35.9 Å². The first-order valence-corrected chi connectivity index (χ1v) is 11.1. The SMILES string of the molecule is CC(O)C(NC(=O)C(N)CS)C(=O)NC(CCC(N)=O)C(=O)NC(Cc1ccccc1)C(=O)O. The molecule has 1 aromatic rings. The van der Waals surface area contributed by atoms with E-state index in [4.69, 9.17) is 11.5 Å². The summed E-state index contributed by atoms with van der Waals surface area (Å²) in [6.07, 6.45) is -1.90. The first kappa shape index (κ1) is 28.9. The van der Waals surface area contributed by atoms with Crippen molar-refractivity contribution in [3.63, 3.8) is 0 Å². The summed E-state index contributed by atoms with van der Waals surface area (Å²) in [7, 11) is 0. The smallest absolute Gasteiger partial charge is 0.326 e. The largest absolute Gasteiger partial charge is 0.480 e. The number of primary amides is 1. The van der Waals surface area contributed by atoms with Crippen molar-refractivity contribution < 1.29 is 34.2 Å². The van der Waals surface area contributed by atoms with Crippen molar-refractivity contribution in [2.24, 2.45) is 11.5 Å². The second kappa shape index (κ2) is 14.2.